The normalized spacial score (nSPS) is 11.6. The fraction of sp³-hybridized carbons (Fsp3) is 0.526. The minimum atomic E-state index is -0.637. The summed E-state index contributed by atoms with van der Waals surface area (Å²) in [5.41, 5.74) is 2.05. The molecule has 0 unspecified atom stereocenters. The molecule has 0 bridgehead atoms. The first-order chi connectivity index (χ1) is 13.2. The van der Waals surface area contributed by atoms with Crippen LogP contribution in [0.2, 0.25) is 5.02 Å². The summed E-state index contributed by atoms with van der Waals surface area (Å²) >= 11 is 6.00. The lowest BCUT2D eigenvalue weighted by Crippen LogP contribution is -2.42. The summed E-state index contributed by atoms with van der Waals surface area (Å²) in [6.07, 6.45) is 0.917. The number of amides is 4. The van der Waals surface area contributed by atoms with E-state index in [4.69, 9.17) is 16.8 Å². The van der Waals surface area contributed by atoms with E-state index < -0.39 is 11.9 Å². The average molecular weight is 413 g/mol. The minimum absolute atomic E-state index is 0.136. The molecule has 0 saturated carbocycles. The number of nitrogens with one attached hydrogen (secondary N) is 3. The number of carbonyl (C=O) groups excluding carboxylic acids is 3. The number of nitrogens with zero attached hydrogens (tertiary/aromatic N) is 1. The summed E-state index contributed by atoms with van der Waals surface area (Å²) in [4.78, 5) is 37.4. The maximum Gasteiger partial charge on any atom is 0.319 e. The smallest absolute Gasteiger partial charge is 0.319 e. The second-order valence-corrected chi connectivity index (χ2v) is 7.56. The van der Waals surface area contributed by atoms with E-state index in [9.17, 15) is 14.4 Å². The molecule has 0 spiro atoms. The third-order valence-electron chi connectivity index (χ3n) is 4.04. The SMILES string of the molecule is CC(C)CCN(CC(=O)NO)C(=O)C[C@H](C)CNC(=O)Nc1ccccc1Cl. The molecule has 0 saturated heterocycles. The number of urea groups is 1. The standard InChI is InChI=1S/C19H29ClN4O4/c1-13(2)8-9-24(12-17(25)23-28)18(26)10-14(3)11-21-19(27)22-16-7-5-4-6-15(16)20/h4-7,13-14,28H,8-12H2,1-3H3,(H,23,25)(H2,21,22,27)/t14-/m0/s1. The van der Waals surface area contributed by atoms with Crippen molar-refractivity contribution in [1.82, 2.24) is 15.7 Å². The van der Waals surface area contributed by atoms with Gasteiger partial charge in [-0.1, -0.05) is 44.5 Å². The highest BCUT2D eigenvalue weighted by molar-refractivity contribution is 6.33. The Morgan fingerprint density at radius 1 is 1.18 bits per heavy atom. The molecule has 4 N–H and O–H groups in total. The van der Waals surface area contributed by atoms with Crippen LogP contribution in [-0.2, 0) is 9.59 Å². The van der Waals surface area contributed by atoms with Gasteiger partial charge in [0.2, 0.25) is 5.91 Å². The summed E-state index contributed by atoms with van der Waals surface area (Å²) in [7, 11) is 0. The summed E-state index contributed by atoms with van der Waals surface area (Å²) < 4.78 is 0. The number of hydrogen-bond acceptors (Lipinski definition) is 4. The topological polar surface area (TPSA) is 111 Å². The quantitative estimate of drug-likeness (QED) is 0.349. The van der Waals surface area contributed by atoms with E-state index in [2.05, 4.69) is 10.6 Å². The van der Waals surface area contributed by atoms with E-state index in [-0.39, 0.29) is 31.3 Å². The zero-order valence-electron chi connectivity index (χ0n) is 16.5. The Morgan fingerprint density at radius 3 is 2.46 bits per heavy atom. The van der Waals surface area contributed by atoms with Crippen molar-refractivity contribution in [2.75, 3.05) is 25.0 Å². The van der Waals surface area contributed by atoms with Gasteiger partial charge in [-0.25, -0.2) is 10.3 Å². The lowest BCUT2D eigenvalue weighted by atomic mass is 10.1. The van der Waals surface area contributed by atoms with Gasteiger partial charge in [-0.15, -0.1) is 0 Å². The summed E-state index contributed by atoms with van der Waals surface area (Å²) in [5, 5.41) is 14.5. The molecule has 1 aromatic rings. The van der Waals surface area contributed by atoms with Crippen molar-refractivity contribution in [1.29, 1.82) is 0 Å². The van der Waals surface area contributed by atoms with Gasteiger partial charge in [0.25, 0.3) is 5.91 Å². The molecule has 0 aliphatic carbocycles. The third-order valence-corrected chi connectivity index (χ3v) is 4.37. The number of rotatable bonds is 10. The van der Waals surface area contributed by atoms with Crippen LogP contribution in [-0.4, -0.2) is 47.6 Å². The van der Waals surface area contributed by atoms with E-state index in [1.165, 1.54) is 4.90 Å². The van der Waals surface area contributed by atoms with Crippen molar-refractivity contribution in [3.63, 3.8) is 0 Å². The van der Waals surface area contributed by atoms with Crippen LogP contribution >= 0.6 is 11.6 Å². The highest BCUT2D eigenvalue weighted by Gasteiger charge is 2.20. The van der Waals surface area contributed by atoms with E-state index in [1.54, 1.807) is 29.7 Å². The Bertz CT molecular complexity index is 669. The van der Waals surface area contributed by atoms with Crippen molar-refractivity contribution in [3.05, 3.63) is 29.3 Å². The molecular weight excluding hydrogens is 384 g/mol. The second-order valence-electron chi connectivity index (χ2n) is 7.16. The molecule has 4 amide bonds. The lowest BCUT2D eigenvalue weighted by molar-refractivity contribution is -0.140. The highest BCUT2D eigenvalue weighted by atomic mass is 35.5. The van der Waals surface area contributed by atoms with Crippen LogP contribution in [0, 0.1) is 11.8 Å². The van der Waals surface area contributed by atoms with Gasteiger partial charge in [-0.2, -0.15) is 0 Å². The summed E-state index contributed by atoms with van der Waals surface area (Å²) in [5.74, 6) is -0.601. The molecule has 0 aliphatic rings. The number of benzene rings is 1. The highest BCUT2D eigenvalue weighted by Crippen LogP contribution is 2.20. The Balaban J connectivity index is 2.50. The van der Waals surface area contributed by atoms with Gasteiger partial charge in [0.15, 0.2) is 0 Å². The van der Waals surface area contributed by atoms with Crippen LogP contribution in [0.15, 0.2) is 24.3 Å². The molecule has 0 aliphatic heterocycles. The zero-order chi connectivity index (χ0) is 21.1. The molecule has 156 valence electrons. The fourth-order valence-corrected chi connectivity index (χ4v) is 2.59. The summed E-state index contributed by atoms with van der Waals surface area (Å²) in [6.45, 7) is 6.40. The molecule has 8 nitrogen and oxygen atoms in total. The molecule has 1 aromatic carbocycles. The van der Waals surface area contributed by atoms with Crippen molar-refractivity contribution < 1.29 is 19.6 Å². The van der Waals surface area contributed by atoms with Crippen molar-refractivity contribution >= 4 is 35.1 Å². The first-order valence-electron chi connectivity index (χ1n) is 9.23. The zero-order valence-corrected chi connectivity index (χ0v) is 17.3. The fourth-order valence-electron chi connectivity index (χ4n) is 2.41. The Labute approximate surface area is 170 Å². The molecular formula is C19H29ClN4O4. The Kier molecular flexibility index (Phi) is 10.3. The first-order valence-corrected chi connectivity index (χ1v) is 9.60. The van der Waals surface area contributed by atoms with E-state index >= 15 is 0 Å². The molecule has 0 heterocycles. The van der Waals surface area contributed by atoms with Crippen LogP contribution in [0.4, 0.5) is 10.5 Å². The van der Waals surface area contributed by atoms with Crippen LogP contribution < -0.4 is 16.1 Å². The van der Waals surface area contributed by atoms with Gasteiger partial charge in [-0.3, -0.25) is 14.8 Å². The van der Waals surface area contributed by atoms with Gasteiger partial charge < -0.3 is 15.5 Å². The van der Waals surface area contributed by atoms with Crippen LogP contribution in [0.3, 0.4) is 0 Å². The van der Waals surface area contributed by atoms with Gasteiger partial charge in [0.1, 0.15) is 6.54 Å². The number of anilines is 1. The van der Waals surface area contributed by atoms with Gasteiger partial charge in [0, 0.05) is 19.5 Å². The maximum atomic E-state index is 12.5. The number of hydroxylamine groups is 1. The number of carbonyl (C=O) groups is 3. The average Bonchev–Trinajstić information content (AvgIpc) is 2.64. The van der Waals surface area contributed by atoms with E-state index in [0.29, 0.717) is 23.2 Å². The maximum absolute atomic E-state index is 12.5. The Morgan fingerprint density at radius 2 is 1.86 bits per heavy atom. The molecule has 1 rings (SSSR count). The van der Waals surface area contributed by atoms with Crippen LogP contribution in [0.1, 0.15) is 33.6 Å². The number of hydrogen-bond donors (Lipinski definition) is 4. The minimum Gasteiger partial charge on any atom is -0.338 e. The monoisotopic (exact) mass is 412 g/mol. The molecule has 0 aromatic heterocycles. The molecule has 1 atom stereocenters. The predicted octanol–water partition coefficient (Wildman–Crippen LogP) is 2.87. The molecule has 28 heavy (non-hydrogen) atoms. The first kappa shape index (κ1) is 23.7. The third kappa shape index (κ3) is 9.05. The van der Waals surface area contributed by atoms with Gasteiger partial charge in [0.05, 0.1) is 10.7 Å². The van der Waals surface area contributed by atoms with Crippen molar-refractivity contribution in [2.45, 2.75) is 33.6 Å². The number of para-hydroxylation sites is 1. The van der Waals surface area contributed by atoms with Crippen LogP contribution in [0.25, 0.3) is 0 Å². The lowest BCUT2D eigenvalue weighted by Gasteiger charge is -2.24. The van der Waals surface area contributed by atoms with Crippen LogP contribution in [0.5, 0.6) is 0 Å². The second kappa shape index (κ2) is 12.2. The molecule has 9 heteroatoms. The summed E-state index contributed by atoms with van der Waals surface area (Å²) in [6, 6.07) is 6.47. The molecule has 0 radical (unpaired) electrons. The van der Waals surface area contributed by atoms with Gasteiger partial charge in [-0.05, 0) is 30.4 Å². The number of halogens is 1. The van der Waals surface area contributed by atoms with E-state index in [0.717, 1.165) is 6.42 Å². The van der Waals surface area contributed by atoms with Gasteiger partial charge >= 0.3 is 6.03 Å². The molecule has 0 fully saturated rings. The van der Waals surface area contributed by atoms with E-state index in [1.807, 2.05) is 20.8 Å². The predicted molar refractivity (Wildman–Crippen MR) is 108 cm³/mol. The Hall–Kier alpha value is -2.32. The van der Waals surface area contributed by atoms with Crippen molar-refractivity contribution in [3.8, 4) is 0 Å². The largest absolute Gasteiger partial charge is 0.338 e. The van der Waals surface area contributed by atoms with Crippen molar-refractivity contribution in [2.24, 2.45) is 11.8 Å².